The number of aromatic nitrogens is 2. The van der Waals surface area contributed by atoms with Crippen LogP contribution in [0.2, 0.25) is 0 Å². The summed E-state index contributed by atoms with van der Waals surface area (Å²) in [5, 5.41) is 8.65. The van der Waals surface area contributed by atoms with Crippen molar-refractivity contribution in [2.45, 2.75) is 83.7 Å². The molecule has 3 nitrogen and oxygen atoms in total. The highest BCUT2D eigenvalue weighted by Crippen LogP contribution is 2.39. The molecule has 1 N–H and O–H groups in total. The van der Waals surface area contributed by atoms with Gasteiger partial charge in [0.2, 0.25) is 0 Å². The van der Waals surface area contributed by atoms with Crippen LogP contribution in [-0.4, -0.2) is 22.4 Å². The first-order valence-electron chi connectivity index (χ1n) is 8.98. The molecule has 0 amide bonds. The standard InChI is InChI=1S/C18H31N3/c1-3-15(2)21-12-9-17(20-21)13-18(10-5-4-6-11-18)14-19-16-7-8-16/h9,12,15-16,19H,3-8,10-11,13-14H2,1-2H3. The van der Waals surface area contributed by atoms with Gasteiger partial charge >= 0.3 is 0 Å². The minimum atomic E-state index is 0.468. The smallest absolute Gasteiger partial charge is 0.0630 e. The van der Waals surface area contributed by atoms with Gasteiger partial charge in [-0.05, 0) is 56.9 Å². The Hall–Kier alpha value is -0.830. The van der Waals surface area contributed by atoms with E-state index in [4.69, 9.17) is 5.10 Å². The van der Waals surface area contributed by atoms with Gasteiger partial charge in [-0.2, -0.15) is 5.10 Å². The molecule has 2 fully saturated rings. The van der Waals surface area contributed by atoms with Crippen molar-refractivity contribution in [3.05, 3.63) is 18.0 Å². The molecule has 0 saturated heterocycles. The predicted molar refractivity (Wildman–Crippen MR) is 87.5 cm³/mol. The third kappa shape index (κ3) is 3.88. The summed E-state index contributed by atoms with van der Waals surface area (Å²) in [6.07, 6.45) is 14.2. The molecule has 1 heterocycles. The summed E-state index contributed by atoms with van der Waals surface area (Å²) < 4.78 is 2.15. The third-order valence-corrected chi connectivity index (χ3v) is 5.52. The van der Waals surface area contributed by atoms with Crippen molar-refractivity contribution in [2.24, 2.45) is 5.41 Å². The van der Waals surface area contributed by atoms with Crippen LogP contribution in [0.25, 0.3) is 0 Å². The maximum Gasteiger partial charge on any atom is 0.0630 e. The zero-order valence-electron chi connectivity index (χ0n) is 13.8. The normalized spacial score (nSPS) is 23.1. The Morgan fingerprint density at radius 3 is 2.76 bits per heavy atom. The summed E-state index contributed by atoms with van der Waals surface area (Å²) in [5.74, 6) is 0. The van der Waals surface area contributed by atoms with Crippen molar-refractivity contribution in [3.63, 3.8) is 0 Å². The van der Waals surface area contributed by atoms with Crippen molar-refractivity contribution < 1.29 is 0 Å². The molecule has 0 bridgehead atoms. The maximum absolute atomic E-state index is 4.85. The van der Waals surface area contributed by atoms with E-state index in [1.165, 1.54) is 57.2 Å². The van der Waals surface area contributed by atoms with E-state index in [0.717, 1.165) is 18.9 Å². The number of hydrogen-bond acceptors (Lipinski definition) is 2. The second-order valence-electron chi connectivity index (χ2n) is 7.44. The second kappa shape index (κ2) is 6.51. The molecule has 0 spiro atoms. The van der Waals surface area contributed by atoms with Crippen LogP contribution in [0.3, 0.4) is 0 Å². The van der Waals surface area contributed by atoms with Gasteiger partial charge in [-0.25, -0.2) is 0 Å². The second-order valence-corrected chi connectivity index (χ2v) is 7.44. The quantitative estimate of drug-likeness (QED) is 0.819. The topological polar surface area (TPSA) is 29.9 Å². The highest BCUT2D eigenvalue weighted by molar-refractivity contribution is 5.05. The minimum Gasteiger partial charge on any atom is -0.313 e. The zero-order chi connectivity index (χ0) is 14.7. The number of nitrogens with one attached hydrogen (secondary N) is 1. The van der Waals surface area contributed by atoms with E-state index in [-0.39, 0.29) is 0 Å². The van der Waals surface area contributed by atoms with E-state index < -0.39 is 0 Å². The lowest BCUT2D eigenvalue weighted by molar-refractivity contribution is 0.178. The Morgan fingerprint density at radius 1 is 1.33 bits per heavy atom. The predicted octanol–water partition coefficient (Wildman–Crippen LogP) is 4.10. The van der Waals surface area contributed by atoms with E-state index in [1.54, 1.807) is 0 Å². The summed E-state index contributed by atoms with van der Waals surface area (Å²) in [5.41, 5.74) is 1.77. The summed E-state index contributed by atoms with van der Waals surface area (Å²) >= 11 is 0. The van der Waals surface area contributed by atoms with Crippen molar-refractivity contribution in [3.8, 4) is 0 Å². The van der Waals surface area contributed by atoms with Crippen LogP contribution in [0, 0.1) is 5.41 Å². The van der Waals surface area contributed by atoms with Crippen LogP contribution in [0.4, 0.5) is 0 Å². The van der Waals surface area contributed by atoms with Crippen LogP contribution < -0.4 is 5.32 Å². The van der Waals surface area contributed by atoms with Crippen molar-refractivity contribution in [1.29, 1.82) is 0 Å². The van der Waals surface area contributed by atoms with Gasteiger partial charge in [-0.1, -0.05) is 26.2 Å². The van der Waals surface area contributed by atoms with Gasteiger partial charge < -0.3 is 5.32 Å². The Morgan fingerprint density at radius 2 is 2.10 bits per heavy atom. The SMILES string of the molecule is CCC(C)n1ccc(CC2(CNC3CC3)CCCCC2)n1. The Kier molecular flexibility index (Phi) is 4.68. The fraction of sp³-hybridized carbons (Fsp3) is 0.833. The van der Waals surface area contributed by atoms with Gasteiger partial charge in [-0.3, -0.25) is 4.68 Å². The Bertz CT molecular complexity index is 441. The first kappa shape index (κ1) is 15.1. The van der Waals surface area contributed by atoms with Crippen molar-refractivity contribution in [1.82, 2.24) is 15.1 Å². The van der Waals surface area contributed by atoms with Crippen LogP contribution in [0.5, 0.6) is 0 Å². The molecule has 1 aromatic rings. The third-order valence-electron chi connectivity index (χ3n) is 5.52. The molecule has 1 aromatic heterocycles. The molecule has 0 radical (unpaired) electrons. The van der Waals surface area contributed by atoms with Crippen LogP contribution in [-0.2, 0) is 6.42 Å². The molecule has 2 aliphatic carbocycles. The van der Waals surface area contributed by atoms with Crippen molar-refractivity contribution in [2.75, 3.05) is 6.54 Å². The first-order valence-corrected chi connectivity index (χ1v) is 8.98. The van der Waals surface area contributed by atoms with Gasteiger partial charge in [0.25, 0.3) is 0 Å². The maximum atomic E-state index is 4.85. The molecule has 0 aliphatic heterocycles. The van der Waals surface area contributed by atoms with Crippen LogP contribution in [0.1, 0.15) is 76.9 Å². The number of nitrogens with zero attached hydrogens (tertiary/aromatic N) is 2. The zero-order valence-corrected chi connectivity index (χ0v) is 13.8. The van der Waals surface area contributed by atoms with Gasteiger partial charge in [0, 0.05) is 24.8 Å². The summed E-state index contributed by atoms with van der Waals surface area (Å²) in [6, 6.07) is 3.59. The largest absolute Gasteiger partial charge is 0.313 e. The molecule has 1 atom stereocenters. The van der Waals surface area contributed by atoms with Crippen molar-refractivity contribution >= 4 is 0 Å². The summed E-state index contributed by atoms with van der Waals surface area (Å²) in [4.78, 5) is 0. The van der Waals surface area contributed by atoms with E-state index in [9.17, 15) is 0 Å². The highest BCUT2D eigenvalue weighted by atomic mass is 15.3. The average molecular weight is 289 g/mol. The molecular formula is C18H31N3. The summed E-state index contributed by atoms with van der Waals surface area (Å²) in [7, 11) is 0. The fourth-order valence-electron chi connectivity index (χ4n) is 3.65. The fourth-order valence-corrected chi connectivity index (χ4v) is 3.65. The average Bonchev–Trinajstić information content (AvgIpc) is 3.24. The molecule has 2 aliphatic rings. The van der Waals surface area contributed by atoms with Crippen LogP contribution >= 0.6 is 0 Å². The molecule has 118 valence electrons. The van der Waals surface area contributed by atoms with E-state index in [0.29, 0.717) is 11.5 Å². The first-order chi connectivity index (χ1) is 10.2. The van der Waals surface area contributed by atoms with Gasteiger partial charge in [0.1, 0.15) is 0 Å². The number of rotatable bonds is 7. The lowest BCUT2D eigenvalue weighted by Gasteiger charge is -2.37. The Balaban J connectivity index is 1.66. The van der Waals surface area contributed by atoms with Gasteiger partial charge in [0.05, 0.1) is 5.69 Å². The van der Waals surface area contributed by atoms with Gasteiger partial charge in [-0.15, -0.1) is 0 Å². The molecule has 0 aromatic carbocycles. The van der Waals surface area contributed by atoms with E-state index in [1.807, 2.05) is 0 Å². The molecule has 2 saturated carbocycles. The van der Waals surface area contributed by atoms with Gasteiger partial charge in [0.15, 0.2) is 0 Å². The summed E-state index contributed by atoms with van der Waals surface area (Å²) in [6.45, 7) is 5.68. The van der Waals surface area contributed by atoms with Crippen LogP contribution in [0.15, 0.2) is 12.3 Å². The lowest BCUT2D eigenvalue weighted by atomic mass is 9.71. The van der Waals surface area contributed by atoms with E-state index in [2.05, 4.69) is 36.1 Å². The molecule has 21 heavy (non-hydrogen) atoms. The molecular weight excluding hydrogens is 258 g/mol. The molecule has 1 unspecified atom stereocenters. The Labute approximate surface area is 129 Å². The highest BCUT2D eigenvalue weighted by Gasteiger charge is 2.34. The van der Waals surface area contributed by atoms with E-state index >= 15 is 0 Å². The molecule has 3 rings (SSSR count). The number of hydrogen-bond donors (Lipinski definition) is 1. The monoisotopic (exact) mass is 289 g/mol. The minimum absolute atomic E-state index is 0.468. The lowest BCUT2D eigenvalue weighted by Crippen LogP contribution is -2.39. The molecule has 3 heteroatoms.